The molecular weight excluding hydrogens is 316 g/mol. The van der Waals surface area contributed by atoms with Gasteiger partial charge in [0.1, 0.15) is 0 Å². The second kappa shape index (κ2) is 5.12. The summed E-state index contributed by atoms with van der Waals surface area (Å²) >= 11 is 0. The average molecular weight is 334 g/mol. The number of anilines is 1. The summed E-state index contributed by atoms with van der Waals surface area (Å²) in [5, 5.41) is 5.02. The first-order valence-electron chi connectivity index (χ1n) is 9.14. The first-order chi connectivity index (χ1) is 12.9. The molecule has 1 aromatic heterocycles. The molecule has 4 aromatic rings. The van der Waals surface area contributed by atoms with Crippen LogP contribution in [0, 0.1) is 0 Å². The summed E-state index contributed by atoms with van der Waals surface area (Å²) in [5.74, 6) is 0.332. The van der Waals surface area contributed by atoms with E-state index < -0.39 is 0 Å². The Labute approximate surface area is 152 Å². The van der Waals surface area contributed by atoms with Crippen molar-refractivity contribution in [2.24, 2.45) is 0 Å². The van der Waals surface area contributed by atoms with E-state index in [1.54, 1.807) is 0 Å². The van der Waals surface area contributed by atoms with E-state index >= 15 is 0 Å². The minimum Gasteiger partial charge on any atom is -0.378 e. The summed E-state index contributed by atoms with van der Waals surface area (Å²) in [7, 11) is 0. The summed E-state index contributed by atoms with van der Waals surface area (Å²) < 4.78 is 2.45. The van der Waals surface area contributed by atoms with E-state index in [9.17, 15) is 0 Å². The van der Waals surface area contributed by atoms with Gasteiger partial charge in [0, 0.05) is 28.0 Å². The third-order valence-corrected chi connectivity index (χ3v) is 5.71. The summed E-state index contributed by atoms with van der Waals surface area (Å²) in [5.41, 5.74) is 7.89. The van der Waals surface area contributed by atoms with Crippen molar-refractivity contribution in [3.8, 4) is 5.69 Å². The van der Waals surface area contributed by atoms with Crippen LogP contribution in [0.4, 0.5) is 5.69 Å². The zero-order chi connectivity index (χ0) is 17.1. The summed E-state index contributed by atoms with van der Waals surface area (Å²) in [4.78, 5) is 0. The number of nitrogens with one attached hydrogen (secondary N) is 1. The molecule has 2 unspecified atom stereocenters. The summed E-state index contributed by atoms with van der Waals surface area (Å²) in [6.07, 6.45) is 4.63. The predicted octanol–water partition coefficient (Wildman–Crippen LogP) is 5.58. The Hall–Kier alpha value is -3.26. The summed E-state index contributed by atoms with van der Waals surface area (Å²) in [6.45, 7) is 0. The molecule has 124 valence electrons. The van der Waals surface area contributed by atoms with Gasteiger partial charge in [-0.05, 0) is 29.8 Å². The van der Waals surface area contributed by atoms with Crippen molar-refractivity contribution in [1.29, 1.82) is 0 Å². The lowest BCUT2D eigenvalue weighted by Crippen LogP contribution is -2.23. The first-order valence-corrected chi connectivity index (χ1v) is 9.14. The third kappa shape index (κ3) is 1.76. The zero-order valence-electron chi connectivity index (χ0n) is 14.3. The predicted molar refractivity (Wildman–Crippen MR) is 108 cm³/mol. The van der Waals surface area contributed by atoms with Gasteiger partial charge < -0.3 is 9.88 Å². The maximum Gasteiger partial charge on any atom is 0.0572 e. The van der Waals surface area contributed by atoms with Crippen LogP contribution >= 0.6 is 0 Å². The Morgan fingerprint density at radius 1 is 0.769 bits per heavy atom. The SMILES string of the molecule is C1=CC2Nc3ccccc3C2c2c1c1ccccc1n2-c1ccccc1. The Balaban J connectivity index is 1.73. The van der Waals surface area contributed by atoms with Gasteiger partial charge in [0.25, 0.3) is 0 Å². The molecule has 0 fully saturated rings. The van der Waals surface area contributed by atoms with Crippen LogP contribution in [0.15, 0.2) is 84.9 Å². The van der Waals surface area contributed by atoms with Gasteiger partial charge in [-0.1, -0.05) is 66.7 Å². The van der Waals surface area contributed by atoms with Gasteiger partial charge in [0.15, 0.2) is 0 Å². The van der Waals surface area contributed by atoms with E-state index in [-0.39, 0.29) is 0 Å². The van der Waals surface area contributed by atoms with Crippen molar-refractivity contribution >= 4 is 22.7 Å². The van der Waals surface area contributed by atoms with E-state index in [1.165, 1.54) is 39.1 Å². The Morgan fingerprint density at radius 2 is 1.54 bits per heavy atom. The van der Waals surface area contributed by atoms with Gasteiger partial charge in [0.05, 0.1) is 17.5 Å². The van der Waals surface area contributed by atoms with Gasteiger partial charge in [-0.15, -0.1) is 0 Å². The largest absolute Gasteiger partial charge is 0.378 e. The lowest BCUT2D eigenvalue weighted by molar-refractivity contribution is 0.734. The molecule has 0 saturated heterocycles. The molecule has 2 heterocycles. The lowest BCUT2D eigenvalue weighted by Gasteiger charge is -2.25. The maximum absolute atomic E-state index is 3.70. The monoisotopic (exact) mass is 334 g/mol. The Bertz CT molecular complexity index is 1170. The standard InChI is InChI=1S/C24H18N2/c1-2-8-16(9-3-1)26-22-13-7-5-10-17(22)18-14-15-21-23(24(18)26)19-11-4-6-12-20(19)25-21/h1-15,21,23,25H. The van der Waals surface area contributed by atoms with Crippen LogP contribution in [0.3, 0.4) is 0 Å². The van der Waals surface area contributed by atoms with Gasteiger partial charge in [-0.3, -0.25) is 0 Å². The van der Waals surface area contributed by atoms with E-state index in [0.717, 1.165) is 0 Å². The molecule has 26 heavy (non-hydrogen) atoms. The molecule has 6 rings (SSSR count). The van der Waals surface area contributed by atoms with Crippen LogP contribution in [0.1, 0.15) is 22.7 Å². The van der Waals surface area contributed by atoms with Gasteiger partial charge >= 0.3 is 0 Å². The Morgan fingerprint density at radius 3 is 2.46 bits per heavy atom. The van der Waals surface area contributed by atoms with Crippen LogP contribution in [-0.4, -0.2) is 10.6 Å². The number of aromatic nitrogens is 1. The molecule has 1 aliphatic heterocycles. The van der Waals surface area contributed by atoms with E-state index in [0.29, 0.717) is 12.0 Å². The third-order valence-electron chi connectivity index (χ3n) is 5.71. The molecule has 2 aliphatic rings. The fourth-order valence-electron chi connectivity index (χ4n) is 4.65. The van der Waals surface area contributed by atoms with Crippen molar-refractivity contribution in [3.05, 3.63) is 102 Å². The molecule has 0 saturated carbocycles. The van der Waals surface area contributed by atoms with Gasteiger partial charge in [-0.2, -0.15) is 0 Å². The minimum absolute atomic E-state index is 0.312. The van der Waals surface area contributed by atoms with Gasteiger partial charge in [-0.25, -0.2) is 0 Å². The number of fused-ring (bicyclic) bond motifs is 7. The molecule has 2 atom stereocenters. The van der Waals surface area contributed by atoms with Crippen LogP contribution in [0.25, 0.3) is 22.7 Å². The smallest absolute Gasteiger partial charge is 0.0572 e. The van der Waals surface area contributed by atoms with E-state index in [1.807, 2.05) is 0 Å². The van der Waals surface area contributed by atoms with Crippen LogP contribution in [0.5, 0.6) is 0 Å². The highest BCUT2D eigenvalue weighted by Gasteiger charge is 2.38. The maximum atomic E-state index is 3.70. The molecule has 1 aliphatic carbocycles. The number of benzene rings is 3. The quantitative estimate of drug-likeness (QED) is 0.480. The number of hydrogen-bond acceptors (Lipinski definition) is 1. The lowest BCUT2D eigenvalue weighted by atomic mass is 9.85. The minimum atomic E-state index is 0.312. The zero-order valence-corrected chi connectivity index (χ0v) is 14.3. The summed E-state index contributed by atoms with van der Waals surface area (Å²) in [6, 6.07) is 28.5. The van der Waals surface area contributed by atoms with Crippen molar-refractivity contribution < 1.29 is 0 Å². The number of para-hydroxylation sites is 3. The molecule has 1 N–H and O–H groups in total. The first kappa shape index (κ1) is 14.0. The number of nitrogens with zero attached hydrogens (tertiary/aromatic N) is 1. The number of rotatable bonds is 1. The molecular formula is C24H18N2. The average Bonchev–Trinajstić information content (AvgIpc) is 3.24. The van der Waals surface area contributed by atoms with Crippen LogP contribution in [0.2, 0.25) is 0 Å². The van der Waals surface area contributed by atoms with Crippen LogP contribution < -0.4 is 5.32 Å². The normalized spacial score (nSPS) is 19.7. The number of hydrogen-bond donors (Lipinski definition) is 1. The van der Waals surface area contributed by atoms with Gasteiger partial charge in [0.2, 0.25) is 0 Å². The van der Waals surface area contributed by atoms with Crippen molar-refractivity contribution in [2.75, 3.05) is 5.32 Å². The van der Waals surface area contributed by atoms with Crippen molar-refractivity contribution in [2.45, 2.75) is 12.0 Å². The highest BCUT2D eigenvalue weighted by molar-refractivity contribution is 5.95. The molecule has 3 aromatic carbocycles. The molecule has 0 spiro atoms. The second-order valence-corrected chi connectivity index (χ2v) is 7.08. The fraction of sp³-hybridized carbons (Fsp3) is 0.0833. The Kier molecular flexibility index (Phi) is 2.75. The molecule has 0 bridgehead atoms. The molecule has 0 radical (unpaired) electrons. The molecule has 2 nitrogen and oxygen atoms in total. The topological polar surface area (TPSA) is 17.0 Å². The highest BCUT2D eigenvalue weighted by Crippen LogP contribution is 2.48. The van der Waals surface area contributed by atoms with E-state index in [2.05, 4.69) is 101 Å². The molecule has 0 amide bonds. The highest BCUT2D eigenvalue weighted by atomic mass is 15.0. The van der Waals surface area contributed by atoms with E-state index in [4.69, 9.17) is 0 Å². The van der Waals surface area contributed by atoms with Crippen molar-refractivity contribution in [3.63, 3.8) is 0 Å². The fourth-order valence-corrected chi connectivity index (χ4v) is 4.65. The second-order valence-electron chi connectivity index (χ2n) is 7.08. The molecule has 2 heteroatoms. The van der Waals surface area contributed by atoms with Crippen molar-refractivity contribution in [1.82, 2.24) is 4.57 Å². The van der Waals surface area contributed by atoms with Crippen LogP contribution in [-0.2, 0) is 0 Å².